The lowest BCUT2D eigenvalue weighted by Gasteiger charge is -2.23. The van der Waals surface area contributed by atoms with Gasteiger partial charge in [0, 0.05) is 11.9 Å². The Morgan fingerprint density at radius 3 is 2.08 bits per heavy atom. The molecule has 1 aromatic rings. The number of methoxy groups -OCH3 is 2. The maximum Gasteiger partial charge on any atom is 0.416 e. The third-order valence-corrected chi connectivity index (χ3v) is 3.36. The van der Waals surface area contributed by atoms with Gasteiger partial charge in [-0.25, -0.2) is 9.59 Å². The van der Waals surface area contributed by atoms with Gasteiger partial charge < -0.3 is 14.4 Å². The minimum Gasteiger partial charge on any atom is -0.465 e. The van der Waals surface area contributed by atoms with Crippen molar-refractivity contribution in [2.75, 3.05) is 19.1 Å². The van der Waals surface area contributed by atoms with Crippen LogP contribution in [0.5, 0.6) is 0 Å². The second-order valence-electron chi connectivity index (χ2n) is 4.86. The molecule has 0 atom stereocenters. The highest BCUT2D eigenvalue weighted by Crippen LogP contribution is 2.32. The number of benzene rings is 1. The second-order valence-corrected chi connectivity index (χ2v) is 4.86. The maximum atomic E-state index is 12.7. The molecular weight excluding hydrogens is 339 g/mol. The van der Waals surface area contributed by atoms with Gasteiger partial charge in [-0.2, -0.15) is 13.2 Å². The van der Waals surface area contributed by atoms with Crippen LogP contribution in [0, 0.1) is 0 Å². The highest BCUT2D eigenvalue weighted by molar-refractivity contribution is 6.05. The lowest BCUT2D eigenvalue weighted by atomic mass is 10.1. The van der Waals surface area contributed by atoms with Crippen LogP contribution < -0.4 is 4.90 Å². The normalized spacial score (nSPS) is 14.4. The van der Waals surface area contributed by atoms with Crippen LogP contribution in [0.1, 0.15) is 5.56 Å². The number of ether oxygens (including phenoxy) is 2. The SMILES string of the molecule is COC(=O)C1=C(C(=O)OC)N(c2ccc(C(F)(F)F)cc2)C=CC=C1. The Hall–Kier alpha value is -3.03. The quantitative estimate of drug-likeness (QED) is 0.781. The topological polar surface area (TPSA) is 55.8 Å². The first-order valence-electron chi connectivity index (χ1n) is 7.02. The molecule has 0 spiro atoms. The highest BCUT2D eigenvalue weighted by atomic mass is 19.4. The zero-order chi connectivity index (χ0) is 18.6. The van der Waals surface area contributed by atoms with Gasteiger partial charge in [-0.05, 0) is 36.4 Å². The standard InChI is InChI=1S/C17H14F3NO4/c1-24-15(22)13-5-3-4-10-21(14(13)16(23)25-2)12-8-6-11(7-9-12)17(18,19)20/h3-10H,1-2H3. The number of anilines is 1. The smallest absolute Gasteiger partial charge is 0.416 e. The number of carbonyl (C=O) groups excluding carboxylic acids is 2. The zero-order valence-corrected chi connectivity index (χ0v) is 13.3. The van der Waals surface area contributed by atoms with Crippen molar-refractivity contribution in [2.24, 2.45) is 0 Å². The van der Waals surface area contributed by atoms with Crippen molar-refractivity contribution in [3.05, 3.63) is 65.5 Å². The van der Waals surface area contributed by atoms with E-state index in [9.17, 15) is 22.8 Å². The van der Waals surface area contributed by atoms with E-state index in [0.717, 1.165) is 26.4 Å². The molecule has 0 amide bonds. The molecule has 1 aromatic carbocycles. The summed E-state index contributed by atoms with van der Waals surface area (Å²) in [5, 5.41) is 0. The molecule has 0 unspecified atom stereocenters. The molecule has 0 bridgehead atoms. The van der Waals surface area contributed by atoms with E-state index in [4.69, 9.17) is 4.74 Å². The third kappa shape index (κ3) is 3.90. The van der Waals surface area contributed by atoms with Gasteiger partial charge in [0.15, 0.2) is 0 Å². The van der Waals surface area contributed by atoms with Gasteiger partial charge in [-0.3, -0.25) is 0 Å². The van der Waals surface area contributed by atoms with E-state index in [1.54, 1.807) is 0 Å². The summed E-state index contributed by atoms with van der Waals surface area (Å²) >= 11 is 0. The van der Waals surface area contributed by atoms with Crippen molar-refractivity contribution in [3.8, 4) is 0 Å². The summed E-state index contributed by atoms with van der Waals surface area (Å²) in [5.74, 6) is -1.62. The lowest BCUT2D eigenvalue weighted by Crippen LogP contribution is -2.27. The summed E-state index contributed by atoms with van der Waals surface area (Å²) in [4.78, 5) is 25.4. The lowest BCUT2D eigenvalue weighted by molar-refractivity contribution is -0.139. The Morgan fingerprint density at radius 1 is 0.960 bits per heavy atom. The minimum atomic E-state index is -4.48. The zero-order valence-electron chi connectivity index (χ0n) is 13.3. The first-order valence-corrected chi connectivity index (χ1v) is 7.02. The molecule has 0 radical (unpaired) electrons. The molecule has 0 N–H and O–H groups in total. The second kappa shape index (κ2) is 7.25. The molecule has 8 heteroatoms. The molecule has 132 valence electrons. The van der Waals surface area contributed by atoms with Crippen LogP contribution in [-0.4, -0.2) is 26.2 Å². The largest absolute Gasteiger partial charge is 0.465 e. The highest BCUT2D eigenvalue weighted by Gasteiger charge is 2.31. The molecule has 1 aliphatic heterocycles. The molecule has 2 rings (SSSR count). The molecule has 1 aliphatic rings. The first kappa shape index (κ1) is 18.3. The van der Waals surface area contributed by atoms with Gasteiger partial charge in [0.25, 0.3) is 0 Å². The number of alkyl halides is 3. The Kier molecular flexibility index (Phi) is 5.31. The molecule has 0 aromatic heterocycles. The summed E-state index contributed by atoms with van der Waals surface area (Å²) in [6.45, 7) is 0. The number of carbonyl (C=O) groups is 2. The number of hydrogen-bond acceptors (Lipinski definition) is 5. The summed E-state index contributed by atoms with van der Waals surface area (Å²) in [6.07, 6.45) is 1.34. The Balaban J connectivity index is 2.57. The van der Waals surface area contributed by atoms with Crippen molar-refractivity contribution in [3.63, 3.8) is 0 Å². The third-order valence-electron chi connectivity index (χ3n) is 3.36. The number of esters is 2. The number of rotatable bonds is 3. The van der Waals surface area contributed by atoms with Crippen LogP contribution in [-0.2, 0) is 25.2 Å². The fourth-order valence-electron chi connectivity index (χ4n) is 2.18. The summed E-state index contributed by atoms with van der Waals surface area (Å²) in [5.41, 5.74) is -0.835. The molecule has 25 heavy (non-hydrogen) atoms. The number of hydrogen-bond donors (Lipinski definition) is 0. The maximum absolute atomic E-state index is 12.7. The van der Waals surface area contributed by atoms with Crippen molar-refractivity contribution < 1.29 is 32.2 Å². The molecular formula is C17H14F3NO4. The molecule has 0 fully saturated rings. The molecule has 0 saturated carbocycles. The average molecular weight is 353 g/mol. The van der Waals surface area contributed by atoms with Crippen LogP contribution in [0.25, 0.3) is 0 Å². The van der Waals surface area contributed by atoms with E-state index >= 15 is 0 Å². The van der Waals surface area contributed by atoms with Crippen molar-refractivity contribution in [1.29, 1.82) is 0 Å². The van der Waals surface area contributed by atoms with Crippen molar-refractivity contribution >= 4 is 17.6 Å². The van der Waals surface area contributed by atoms with Gasteiger partial charge in [0.2, 0.25) is 0 Å². The van der Waals surface area contributed by atoms with Crippen molar-refractivity contribution in [1.82, 2.24) is 0 Å². The Morgan fingerprint density at radius 2 is 1.56 bits per heavy atom. The van der Waals surface area contributed by atoms with Gasteiger partial charge in [-0.15, -0.1) is 0 Å². The average Bonchev–Trinajstić information content (AvgIpc) is 2.82. The fourth-order valence-corrected chi connectivity index (χ4v) is 2.18. The van der Waals surface area contributed by atoms with Gasteiger partial charge in [0.05, 0.1) is 25.4 Å². The Labute approximate surface area is 141 Å². The van der Waals surface area contributed by atoms with E-state index in [1.807, 2.05) is 0 Å². The predicted molar refractivity (Wildman–Crippen MR) is 83.3 cm³/mol. The summed E-state index contributed by atoms with van der Waals surface area (Å²) in [6, 6.07) is 4.15. The number of nitrogens with zero attached hydrogens (tertiary/aromatic N) is 1. The fraction of sp³-hybridized carbons (Fsp3) is 0.176. The van der Waals surface area contributed by atoms with Crippen molar-refractivity contribution in [2.45, 2.75) is 6.18 Å². The number of halogens is 3. The molecule has 0 saturated heterocycles. The van der Waals surface area contributed by atoms with Gasteiger partial charge >= 0.3 is 18.1 Å². The van der Waals surface area contributed by atoms with Crippen LogP contribution >= 0.6 is 0 Å². The van der Waals surface area contributed by atoms with E-state index in [1.165, 1.54) is 41.5 Å². The first-order chi connectivity index (χ1) is 11.8. The summed E-state index contributed by atoms with van der Waals surface area (Å²) < 4.78 is 47.5. The Bertz CT molecular complexity index is 761. The van der Waals surface area contributed by atoms with E-state index in [2.05, 4.69) is 4.74 Å². The molecule has 0 aliphatic carbocycles. The van der Waals surface area contributed by atoms with Crippen LogP contribution in [0.15, 0.2) is 60.0 Å². The van der Waals surface area contributed by atoms with Crippen LogP contribution in [0.3, 0.4) is 0 Å². The summed E-state index contributed by atoms with van der Waals surface area (Å²) in [7, 11) is 2.28. The van der Waals surface area contributed by atoms with Crippen LogP contribution in [0.4, 0.5) is 18.9 Å². The minimum absolute atomic E-state index is 0.0840. The monoisotopic (exact) mass is 353 g/mol. The van der Waals surface area contributed by atoms with Gasteiger partial charge in [-0.1, -0.05) is 6.08 Å². The predicted octanol–water partition coefficient (Wildman–Crippen LogP) is 3.20. The van der Waals surface area contributed by atoms with E-state index in [0.29, 0.717) is 0 Å². The van der Waals surface area contributed by atoms with Gasteiger partial charge in [0.1, 0.15) is 5.70 Å². The molecule has 5 nitrogen and oxygen atoms in total. The van der Waals surface area contributed by atoms with Crippen LogP contribution in [0.2, 0.25) is 0 Å². The molecule has 1 heterocycles. The van der Waals surface area contributed by atoms with E-state index in [-0.39, 0.29) is 17.0 Å². The van der Waals surface area contributed by atoms with E-state index < -0.39 is 23.7 Å². The number of allylic oxidation sites excluding steroid dienone is 2.